The molecule has 1 aliphatic carbocycles. The summed E-state index contributed by atoms with van der Waals surface area (Å²) < 4.78 is 39.8. The minimum atomic E-state index is -4.45. The predicted octanol–water partition coefficient (Wildman–Crippen LogP) is 6.53. The number of carbonyl (C=O) groups excluding carboxylic acids is 1. The zero-order valence-electron chi connectivity index (χ0n) is 23.2. The van der Waals surface area contributed by atoms with Gasteiger partial charge in [0, 0.05) is 29.1 Å². The maximum Gasteiger partial charge on any atom is 0.296 e. The number of nitrogens with zero attached hydrogens (tertiary/aromatic N) is 2. The fraction of sp³-hybridized carbons (Fsp3) is 0.267. The first-order valence-electron chi connectivity index (χ1n) is 13.5. The molecule has 1 aromatic heterocycles. The van der Waals surface area contributed by atoms with Gasteiger partial charge in [0.2, 0.25) is 0 Å². The van der Waals surface area contributed by atoms with Crippen molar-refractivity contribution in [2.45, 2.75) is 49.1 Å². The van der Waals surface area contributed by atoms with E-state index in [1.165, 1.54) is 16.8 Å². The lowest BCUT2D eigenvalue weighted by Crippen LogP contribution is -2.49. The van der Waals surface area contributed by atoms with Crippen molar-refractivity contribution in [2.24, 2.45) is 7.05 Å². The lowest BCUT2D eigenvalue weighted by Gasteiger charge is -2.48. The molecule has 6 rings (SSSR count). The van der Waals surface area contributed by atoms with Crippen LogP contribution in [-0.4, -0.2) is 29.3 Å². The summed E-state index contributed by atoms with van der Waals surface area (Å²) in [5, 5.41) is 2.66. The maximum absolute atomic E-state index is 13.7. The van der Waals surface area contributed by atoms with Crippen LogP contribution < -0.4 is 20.3 Å². The lowest BCUT2D eigenvalue weighted by molar-refractivity contribution is -0.0360. The first-order chi connectivity index (χ1) is 20.4. The molecule has 43 heavy (non-hydrogen) atoms. The number of sulfonamides is 1. The number of para-hydroxylation sites is 1. The molecule has 0 radical (unpaired) electrons. The smallest absolute Gasteiger partial charge is 0.296 e. The molecule has 9 nitrogen and oxygen atoms in total. The van der Waals surface area contributed by atoms with Crippen molar-refractivity contribution in [1.82, 2.24) is 14.7 Å². The average Bonchev–Trinajstić information content (AvgIpc) is 3.16. The Labute approximate surface area is 266 Å². The second-order valence-electron chi connectivity index (χ2n) is 10.9. The van der Waals surface area contributed by atoms with E-state index in [4.69, 9.17) is 27.9 Å². The Balaban J connectivity index is 1.32. The van der Waals surface area contributed by atoms with Gasteiger partial charge in [0.15, 0.2) is 0 Å². The minimum absolute atomic E-state index is 0.00644. The number of carbonyl (C=O) groups is 1. The lowest BCUT2D eigenvalue weighted by atomic mass is 9.73. The predicted molar refractivity (Wildman–Crippen MR) is 169 cm³/mol. The van der Waals surface area contributed by atoms with Crippen molar-refractivity contribution in [2.75, 3.05) is 4.72 Å². The molecule has 2 heterocycles. The second-order valence-corrected chi connectivity index (χ2v) is 14.2. The van der Waals surface area contributed by atoms with Crippen LogP contribution in [0.5, 0.6) is 5.75 Å². The fourth-order valence-corrected chi connectivity index (χ4v) is 7.96. The molecule has 2 N–H and O–H groups in total. The highest BCUT2D eigenvalue weighted by molar-refractivity contribution is 9.10. The normalized spacial score (nSPS) is 17.1. The molecule has 1 aliphatic heterocycles. The Hall–Kier alpha value is -3.25. The summed E-state index contributed by atoms with van der Waals surface area (Å²) in [5.74, 6) is 0.185. The molecule has 1 fully saturated rings. The van der Waals surface area contributed by atoms with Crippen LogP contribution in [0.4, 0.5) is 5.69 Å². The van der Waals surface area contributed by atoms with Gasteiger partial charge in [-0.2, -0.15) is 0 Å². The van der Waals surface area contributed by atoms with E-state index in [1.807, 2.05) is 24.3 Å². The third-order valence-electron chi connectivity index (χ3n) is 8.16. The molecule has 0 bridgehead atoms. The summed E-state index contributed by atoms with van der Waals surface area (Å²) in [6, 6.07) is 16.6. The molecule has 1 amide bonds. The number of aromatic nitrogens is 2. The third kappa shape index (κ3) is 5.37. The van der Waals surface area contributed by atoms with E-state index < -0.39 is 26.4 Å². The van der Waals surface area contributed by atoms with E-state index in [-0.39, 0.29) is 32.9 Å². The molecule has 1 saturated carbocycles. The van der Waals surface area contributed by atoms with Gasteiger partial charge in [0.1, 0.15) is 21.9 Å². The number of nitrogens with one attached hydrogen (secondary N) is 2. The van der Waals surface area contributed by atoms with E-state index in [9.17, 15) is 18.0 Å². The van der Waals surface area contributed by atoms with Gasteiger partial charge in [0.25, 0.3) is 21.5 Å². The summed E-state index contributed by atoms with van der Waals surface area (Å²) in [6.45, 7) is 1.62. The van der Waals surface area contributed by atoms with Gasteiger partial charge in [-0.05, 0) is 68.7 Å². The van der Waals surface area contributed by atoms with Crippen molar-refractivity contribution in [1.29, 1.82) is 0 Å². The van der Waals surface area contributed by atoms with Crippen LogP contribution in [-0.2, 0) is 17.1 Å². The number of amides is 1. The van der Waals surface area contributed by atoms with Crippen LogP contribution in [0.25, 0.3) is 5.69 Å². The van der Waals surface area contributed by atoms with Gasteiger partial charge in [-0.15, -0.1) is 0 Å². The first-order valence-corrected chi connectivity index (χ1v) is 16.6. The summed E-state index contributed by atoms with van der Waals surface area (Å²) >= 11 is 16.2. The molecule has 224 valence electrons. The zero-order chi connectivity index (χ0) is 30.7. The fourth-order valence-electron chi connectivity index (χ4n) is 5.65. The number of hydrogen-bond donors (Lipinski definition) is 2. The second kappa shape index (κ2) is 11.0. The molecule has 1 unspecified atom stereocenters. The molecule has 13 heteroatoms. The van der Waals surface area contributed by atoms with Gasteiger partial charge in [-0.3, -0.25) is 19.0 Å². The first kappa shape index (κ1) is 29.8. The number of halogens is 3. The van der Waals surface area contributed by atoms with E-state index >= 15 is 0 Å². The minimum Gasteiger partial charge on any atom is -0.487 e. The van der Waals surface area contributed by atoms with Gasteiger partial charge < -0.3 is 10.1 Å². The van der Waals surface area contributed by atoms with Crippen molar-refractivity contribution in [3.05, 3.63) is 102 Å². The van der Waals surface area contributed by atoms with Gasteiger partial charge in [-0.25, -0.2) is 13.1 Å². The van der Waals surface area contributed by atoms with Gasteiger partial charge in [-0.1, -0.05) is 57.3 Å². The van der Waals surface area contributed by atoms with Crippen molar-refractivity contribution in [3.63, 3.8) is 0 Å². The van der Waals surface area contributed by atoms with Gasteiger partial charge in [0.05, 0.1) is 27.5 Å². The molecule has 2 aliphatic rings. The highest BCUT2D eigenvalue weighted by Gasteiger charge is 2.46. The highest BCUT2D eigenvalue weighted by atomic mass is 79.9. The summed E-state index contributed by atoms with van der Waals surface area (Å²) in [6.07, 6.45) is 3.41. The van der Waals surface area contributed by atoms with E-state index in [1.54, 1.807) is 42.9 Å². The van der Waals surface area contributed by atoms with Crippen molar-refractivity contribution >= 4 is 60.7 Å². The molecule has 1 spiro atoms. The van der Waals surface area contributed by atoms with Crippen LogP contribution in [0.2, 0.25) is 10.0 Å². The van der Waals surface area contributed by atoms with Gasteiger partial charge >= 0.3 is 0 Å². The summed E-state index contributed by atoms with van der Waals surface area (Å²) in [4.78, 5) is 26.5. The Kier molecular flexibility index (Phi) is 7.65. The Morgan fingerprint density at radius 2 is 1.81 bits per heavy atom. The van der Waals surface area contributed by atoms with E-state index in [0.29, 0.717) is 23.6 Å². The zero-order valence-corrected chi connectivity index (χ0v) is 27.1. The summed E-state index contributed by atoms with van der Waals surface area (Å²) in [7, 11) is -2.80. The standard InChI is InChI=1S/C30H27BrCl2N4O5S/c1-17-27(29(39)37(36(17)2)20-7-4-3-5-8-20)35-43(40,41)25-14-18(13-22(32)26(25)33)28(38)34-23-16-30(11-6-12-30)42-24-10-9-19(31)15-21(23)24/h3-5,7-10,13-15,23,35H,6,11-12,16H2,1-2H3,(H,34,38). The number of hydrogen-bond acceptors (Lipinski definition) is 5. The molecule has 4 aromatic rings. The van der Waals surface area contributed by atoms with Crippen LogP contribution in [0.1, 0.15) is 53.3 Å². The molecule has 3 aromatic carbocycles. The van der Waals surface area contributed by atoms with E-state index in [2.05, 4.69) is 26.0 Å². The van der Waals surface area contributed by atoms with Crippen LogP contribution in [0.15, 0.2) is 74.8 Å². The maximum atomic E-state index is 13.7. The molecular weight excluding hydrogens is 679 g/mol. The van der Waals surface area contributed by atoms with Crippen LogP contribution >= 0.6 is 39.1 Å². The largest absolute Gasteiger partial charge is 0.487 e. The average molecular weight is 706 g/mol. The highest BCUT2D eigenvalue weighted by Crippen LogP contribution is 2.49. The SMILES string of the molecule is Cc1c(NS(=O)(=O)c2cc(C(=O)NC3CC4(CCC4)Oc4ccc(Br)cc43)cc(Cl)c2Cl)c(=O)n(-c2ccccc2)n1C. The number of fused-ring (bicyclic) bond motifs is 1. The monoisotopic (exact) mass is 704 g/mol. The van der Waals surface area contributed by atoms with Crippen molar-refractivity contribution in [3.8, 4) is 11.4 Å². The van der Waals surface area contributed by atoms with E-state index in [0.717, 1.165) is 29.3 Å². The quantitative estimate of drug-likeness (QED) is 0.237. The molecule has 1 atom stereocenters. The third-order valence-corrected chi connectivity index (χ3v) is 10.9. The van der Waals surface area contributed by atoms with Crippen LogP contribution in [0.3, 0.4) is 0 Å². The number of benzene rings is 3. The number of anilines is 1. The number of rotatable bonds is 6. The topological polar surface area (TPSA) is 111 Å². The van der Waals surface area contributed by atoms with Crippen molar-refractivity contribution < 1.29 is 17.9 Å². The Morgan fingerprint density at radius 1 is 1.09 bits per heavy atom. The molecular formula is C30H27BrCl2N4O5S. The number of ether oxygens (including phenoxy) is 1. The Bertz CT molecular complexity index is 1940. The summed E-state index contributed by atoms with van der Waals surface area (Å²) in [5.41, 5.74) is 0.714. The van der Waals surface area contributed by atoms with Crippen LogP contribution in [0, 0.1) is 6.92 Å². The Morgan fingerprint density at radius 3 is 2.49 bits per heavy atom. The molecule has 0 saturated heterocycles.